The molecule has 16 rings (SSSR count). The minimum atomic E-state index is -0.543. The predicted molar refractivity (Wildman–Crippen MR) is 538 cm³/mol. The second-order valence-electron chi connectivity index (χ2n) is 32.7. The van der Waals surface area contributed by atoms with Crippen LogP contribution in [0.1, 0.15) is 143 Å². The summed E-state index contributed by atoms with van der Waals surface area (Å²) in [5, 5.41) is 10.1. The Kier molecular flexibility index (Phi) is 36.4. The third-order valence-corrected chi connectivity index (χ3v) is 27.1. The Morgan fingerprint density at radius 1 is 0.372 bits per heavy atom. The fraction of sp³-hybridized carbons (Fsp3) is 0.264. The second kappa shape index (κ2) is 48.1. The third kappa shape index (κ3) is 24.4. The van der Waals surface area contributed by atoms with Crippen molar-refractivity contribution in [3.05, 3.63) is 332 Å². The van der Waals surface area contributed by atoms with Gasteiger partial charge in [-0.1, -0.05) is 143 Å². The minimum Gasteiger partial charge on any atom is -0.465 e. The van der Waals surface area contributed by atoms with Crippen LogP contribution in [-0.2, 0) is 92.5 Å². The molecule has 137 heavy (non-hydrogen) atoms. The number of nitrogens with zero attached hydrogens (tertiary/aromatic N) is 6. The van der Waals surface area contributed by atoms with Crippen LogP contribution < -0.4 is 9.80 Å². The van der Waals surface area contributed by atoms with Crippen LogP contribution in [0.5, 0.6) is 0 Å². The largest absolute Gasteiger partial charge is 0.465 e. The van der Waals surface area contributed by atoms with Crippen molar-refractivity contribution in [3.63, 3.8) is 0 Å². The van der Waals surface area contributed by atoms with Crippen LogP contribution in [0, 0.1) is 18.8 Å². The molecular weight excluding hydrogens is 1860 g/mol. The molecule has 31 heteroatoms. The summed E-state index contributed by atoms with van der Waals surface area (Å²) in [6, 6.07) is 47.1. The maximum Gasteiger partial charge on any atom is 0.340 e. The summed E-state index contributed by atoms with van der Waals surface area (Å²) < 4.78 is 34.5. The lowest BCUT2D eigenvalue weighted by Crippen LogP contribution is -2.37. The molecule has 712 valence electrons. The molecular formula is C106H107ClN6O19S5. The number of furan rings is 1. The summed E-state index contributed by atoms with van der Waals surface area (Å²) in [5.74, 6) is -2.87. The molecule has 0 saturated heterocycles. The molecule has 0 unspecified atom stereocenters. The zero-order chi connectivity index (χ0) is 99.2. The number of halogens is 1. The van der Waals surface area contributed by atoms with E-state index in [4.69, 9.17) is 44.4 Å². The van der Waals surface area contributed by atoms with E-state index in [1.807, 2.05) is 195 Å². The Morgan fingerprint density at radius 3 is 1.09 bits per heavy atom. The standard InChI is InChI=1S/2C19H17NO3S.C18H14ClNO3S.C18H21NO3S.C16H19NO4.C16H19NO3S/c1-12-6-4-7-14(10-12)20-13(2)17(19(22)23-3)16(18(20)21)11-15-8-5-9-24-15;1-13-17(19(22)23-2)16(11-15-9-6-10-24-15)18(21)20(13)12-14-7-4-3-5-8-14;1-11-16(18(22)23-2)13(10-12-6-5-9-24-12)17(21)20(11)15-8-4-3-7-14(15)19;1-12-16(18(21)22-2)15(11-14-9-6-10-23-14)17(20)19(12)13-7-4-3-5-8-13;2*1-10(2)9-17-11(3)14(16(19)20-4)13(15(17)18)8-12-6-5-7-21-12/h4-11H,1-3H3;3-11H,12H2,1-2H3;3-10H,1-2H3;6,9-11,13H,3-5,7-8H2,1-2H3;2*5-8,10H,9H2,1-4H3/b2*16-11-;13-10-;15-11-;2*13-8-. The van der Waals surface area contributed by atoms with E-state index in [1.165, 1.54) is 106 Å². The molecule has 0 bridgehead atoms. The number of allylic oxidation sites excluding steroid dienone is 6. The molecule has 12 heterocycles. The number of ether oxygens (including phenoxy) is 6. The van der Waals surface area contributed by atoms with Crippen molar-refractivity contribution in [2.45, 2.75) is 121 Å². The van der Waals surface area contributed by atoms with E-state index in [0.717, 1.165) is 72.6 Å². The molecule has 6 aliphatic heterocycles. The number of rotatable bonds is 21. The number of esters is 6. The highest BCUT2D eigenvalue weighted by Crippen LogP contribution is 2.44. The van der Waals surface area contributed by atoms with Crippen molar-refractivity contribution in [2.24, 2.45) is 11.8 Å². The molecule has 1 saturated carbocycles. The smallest absolute Gasteiger partial charge is 0.340 e. The van der Waals surface area contributed by atoms with E-state index in [0.29, 0.717) is 138 Å². The number of hydrogen-bond donors (Lipinski definition) is 0. The highest BCUT2D eigenvalue weighted by molar-refractivity contribution is 7.12. The zero-order valence-corrected chi connectivity index (χ0v) is 83.9. The van der Waals surface area contributed by atoms with Gasteiger partial charge in [-0.05, 0) is 214 Å². The summed E-state index contributed by atoms with van der Waals surface area (Å²) in [6.45, 7) is 22.3. The number of para-hydroxylation sites is 1. The molecule has 0 spiro atoms. The summed E-state index contributed by atoms with van der Waals surface area (Å²) in [7, 11) is 7.96. The number of aryl methyl sites for hydroxylation is 1. The first-order chi connectivity index (χ1) is 65.7. The van der Waals surface area contributed by atoms with Gasteiger partial charge in [0, 0.05) is 83.4 Å². The first-order valence-electron chi connectivity index (χ1n) is 43.8. The Morgan fingerprint density at radius 2 is 0.723 bits per heavy atom. The maximum atomic E-state index is 13.0. The number of anilines is 2. The third-order valence-electron chi connectivity index (χ3n) is 22.7. The van der Waals surface area contributed by atoms with E-state index in [9.17, 15) is 57.5 Å². The van der Waals surface area contributed by atoms with Gasteiger partial charge < -0.3 is 52.4 Å². The van der Waals surface area contributed by atoms with E-state index >= 15 is 0 Å². The topological polar surface area (TPSA) is 293 Å². The van der Waals surface area contributed by atoms with Crippen LogP contribution in [-0.4, -0.2) is 153 Å². The number of carbonyl (C=O) groups excluding carboxylic acids is 12. The molecule has 6 amide bonds. The van der Waals surface area contributed by atoms with Crippen LogP contribution >= 0.6 is 68.3 Å². The van der Waals surface area contributed by atoms with Crippen molar-refractivity contribution >= 4 is 187 Å². The van der Waals surface area contributed by atoms with Gasteiger partial charge in [-0.25, -0.2) is 28.8 Å². The normalized spacial score (nSPS) is 17.4. The fourth-order valence-electron chi connectivity index (χ4n) is 16.2. The Labute approximate surface area is 821 Å². The molecule has 1 aliphatic carbocycles. The fourth-order valence-corrected chi connectivity index (χ4v) is 19.7. The molecule has 3 aromatic carbocycles. The molecule has 0 atom stereocenters. The van der Waals surface area contributed by atoms with Gasteiger partial charge in [0.2, 0.25) is 0 Å². The second-order valence-corrected chi connectivity index (χ2v) is 38.0. The van der Waals surface area contributed by atoms with E-state index in [-0.39, 0.29) is 47.1 Å². The quantitative estimate of drug-likeness (QED) is 0.0367. The van der Waals surface area contributed by atoms with Gasteiger partial charge in [0.15, 0.2) is 0 Å². The van der Waals surface area contributed by atoms with E-state index < -0.39 is 35.8 Å². The monoisotopic (exact) mass is 1960 g/mol. The molecule has 0 radical (unpaired) electrons. The molecule has 7 aliphatic rings. The van der Waals surface area contributed by atoms with Gasteiger partial charge in [0.05, 0.1) is 133 Å². The number of hydrogen-bond acceptors (Lipinski definition) is 24. The Hall–Kier alpha value is -13.8. The first-order valence-corrected chi connectivity index (χ1v) is 48.6. The van der Waals surface area contributed by atoms with Crippen LogP contribution in [0.25, 0.3) is 36.5 Å². The predicted octanol–water partition coefficient (Wildman–Crippen LogP) is 21.3. The van der Waals surface area contributed by atoms with Crippen LogP contribution in [0.15, 0.2) is 290 Å². The number of methoxy groups -OCH3 is 6. The summed E-state index contributed by atoms with van der Waals surface area (Å²) in [5.41, 5.74) is 11.3. The van der Waals surface area contributed by atoms with Crippen molar-refractivity contribution < 1.29 is 90.4 Å². The highest BCUT2D eigenvalue weighted by Gasteiger charge is 2.45. The van der Waals surface area contributed by atoms with Crippen LogP contribution in [0.2, 0.25) is 5.02 Å². The van der Waals surface area contributed by atoms with Crippen molar-refractivity contribution in [2.75, 3.05) is 65.5 Å². The summed E-state index contributed by atoms with van der Waals surface area (Å²) >= 11 is 13.8. The van der Waals surface area contributed by atoms with Crippen molar-refractivity contribution in [1.29, 1.82) is 0 Å². The van der Waals surface area contributed by atoms with Gasteiger partial charge in [-0.3, -0.25) is 38.6 Å². The van der Waals surface area contributed by atoms with Gasteiger partial charge in [-0.15, -0.1) is 56.7 Å². The van der Waals surface area contributed by atoms with Gasteiger partial charge in [0.25, 0.3) is 35.4 Å². The molecule has 6 aromatic heterocycles. The average Bonchev–Trinajstić information content (AvgIpc) is 1.62. The lowest BCUT2D eigenvalue weighted by atomic mass is 9.94. The van der Waals surface area contributed by atoms with E-state index in [2.05, 4.69) is 0 Å². The first kappa shape index (κ1) is 104. The van der Waals surface area contributed by atoms with Crippen molar-refractivity contribution in [3.8, 4) is 0 Å². The summed E-state index contributed by atoms with van der Waals surface area (Å²) in [6.07, 6.45) is 17.4. The van der Waals surface area contributed by atoms with Gasteiger partial charge in [-0.2, -0.15) is 0 Å². The SMILES string of the molecule is COC(=O)C1=C(C)N(C2CCCCC2)C(=O)/C1=C\c1cccs1.COC(=O)C1=C(C)N(CC(C)C)C(=O)/C1=C\c1ccco1.COC(=O)C1=C(C)N(CC(C)C)C(=O)/C1=C\c1cccs1.COC(=O)C1=C(C)N(Cc2ccccc2)C(=O)/C1=C\c1cccs1.COC(=O)C1=C(C)N(c2cccc(C)c2)C(=O)/C1=C\c1cccs1.COC(=O)C1=C(C)N(c2ccccc2Cl)C(=O)/C1=C\c1cccs1. The Bertz CT molecular complexity index is 6320. The molecule has 1 fully saturated rings. The minimum absolute atomic E-state index is 0.0665. The summed E-state index contributed by atoms with van der Waals surface area (Å²) in [4.78, 5) is 164. The van der Waals surface area contributed by atoms with E-state index in [1.54, 1.807) is 132 Å². The number of carbonyl (C=O) groups is 12. The van der Waals surface area contributed by atoms with Crippen molar-refractivity contribution in [1.82, 2.24) is 19.6 Å². The lowest BCUT2D eigenvalue weighted by Gasteiger charge is -2.32. The highest BCUT2D eigenvalue weighted by atomic mass is 35.5. The molecule has 25 nitrogen and oxygen atoms in total. The lowest BCUT2D eigenvalue weighted by molar-refractivity contribution is -0.136. The molecule has 9 aromatic rings. The number of thiophene rings is 5. The number of amides is 6. The van der Waals surface area contributed by atoms with Crippen LogP contribution in [0.3, 0.4) is 0 Å². The Balaban J connectivity index is 0.000000158. The average molecular weight is 1960 g/mol. The van der Waals surface area contributed by atoms with Gasteiger partial charge in [0.1, 0.15) is 5.76 Å². The van der Waals surface area contributed by atoms with Gasteiger partial charge >= 0.3 is 35.8 Å². The molecule has 0 N–H and O–H groups in total. The number of benzene rings is 3. The zero-order valence-electron chi connectivity index (χ0n) is 79.1. The van der Waals surface area contributed by atoms with Crippen LogP contribution in [0.4, 0.5) is 11.4 Å². The maximum absolute atomic E-state index is 13.0.